The van der Waals surface area contributed by atoms with Gasteiger partial charge in [0.1, 0.15) is 11.3 Å². The molecule has 0 saturated carbocycles. The molecule has 270 valence electrons. The fourth-order valence-corrected chi connectivity index (χ4v) is 8.54. The van der Waals surface area contributed by atoms with Gasteiger partial charge in [-0.05, 0) is 111 Å². The Bertz CT molecular complexity index is 3140. The highest BCUT2D eigenvalue weighted by atomic mass is 15.3. The van der Waals surface area contributed by atoms with Gasteiger partial charge in [0.15, 0.2) is 17.1 Å². The van der Waals surface area contributed by atoms with Crippen LogP contribution in [0.3, 0.4) is 0 Å². The number of benzene rings is 6. The van der Waals surface area contributed by atoms with Crippen LogP contribution in [-0.2, 0) is 5.41 Å². The first-order chi connectivity index (χ1) is 28.0. The number of nitrogens with zero attached hydrogens (tertiary/aromatic N) is 6. The molecule has 0 spiro atoms. The Hall–Kier alpha value is -7.44. The van der Waals surface area contributed by atoms with E-state index in [-0.39, 0.29) is 5.41 Å². The average molecular weight is 733 g/mol. The van der Waals surface area contributed by atoms with Crippen LogP contribution >= 0.6 is 0 Å². The van der Waals surface area contributed by atoms with Gasteiger partial charge in [-0.2, -0.15) is 0 Å². The maximum atomic E-state index is 5.05. The smallest absolute Gasteiger partial charge is 0.182 e. The lowest BCUT2D eigenvalue weighted by molar-refractivity contribution is 0.660. The molecule has 0 atom stereocenters. The first-order valence-electron chi connectivity index (χ1n) is 19.3. The average Bonchev–Trinajstić information content (AvgIpc) is 3.95. The zero-order chi connectivity index (χ0) is 38.1. The summed E-state index contributed by atoms with van der Waals surface area (Å²) in [5.41, 5.74) is 17.4. The Morgan fingerprint density at radius 3 is 1.95 bits per heavy atom. The highest BCUT2D eigenvalue weighted by molar-refractivity contribution is 5.87. The largest absolute Gasteiger partial charge is 0.277 e. The van der Waals surface area contributed by atoms with Gasteiger partial charge in [0.2, 0.25) is 0 Å². The van der Waals surface area contributed by atoms with Gasteiger partial charge in [0, 0.05) is 40.2 Å². The topological polar surface area (TPSA) is 60.9 Å². The van der Waals surface area contributed by atoms with Crippen LogP contribution in [0.25, 0.3) is 89.8 Å². The SMILES string of the molecule is CC1(C)c2ccccc2-c2cc(-c3cc(-c4ccc(-c5nc6cccnc6n5-c5ccccc5)cc4)cc(-c4nc5ccc(-c6ccccc6)cn5n4)c3)ccc21. The number of fused-ring (bicyclic) bond motifs is 5. The normalized spacial score (nSPS) is 12.9. The van der Waals surface area contributed by atoms with Gasteiger partial charge in [-0.3, -0.25) is 4.57 Å². The molecule has 6 aromatic carbocycles. The Labute approximate surface area is 330 Å². The van der Waals surface area contributed by atoms with E-state index in [1.165, 1.54) is 22.3 Å². The molecule has 0 bridgehead atoms. The molecule has 6 heteroatoms. The lowest BCUT2D eigenvalue weighted by Crippen LogP contribution is -2.14. The van der Waals surface area contributed by atoms with Crippen molar-refractivity contribution in [1.82, 2.24) is 29.1 Å². The molecule has 0 aliphatic heterocycles. The van der Waals surface area contributed by atoms with Crippen molar-refractivity contribution in [3.05, 3.63) is 193 Å². The van der Waals surface area contributed by atoms with Crippen molar-refractivity contribution in [3.8, 4) is 73.0 Å². The third kappa shape index (κ3) is 5.48. The van der Waals surface area contributed by atoms with E-state index in [0.29, 0.717) is 5.82 Å². The Morgan fingerprint density at radius 2 is 1.12 bits per heavy atom. The first kappa shape index (κ1) is 32.9. The molecule has 1 aliphatic rings. The zero-order valence-corrected chi connectivity index (χ0v) is 31.5. The summed E-state index contributed by atoms with van der Waals surface area (Å²) < 4.78 is 4.02. The molecular weight excluding hydrogens is 697 g/mol. The summed E-state index contributed by atoms with van der Waals surface area (Å²) in [4.78, 5) is 14.8. The highest BCUT2D eigenvalue weighted by Crippen LogP contribution is 2.49. The Kier molecular flexibility index (Phi) is 7.41. The molecular formula is C51H36N6. The lowest BCUT2D eigenvalue weighted by Gasteiger charge is -2.21. The fraction of sp³-hybridized carbons (Fsp3) is 0.0588. The third-order valence-corrected chi connectivity index (χ3v) is 11.5. The third-order valence-electron chi connectivity index (χ3n) is 11.5. The minimum atomic E-state index is -0.0601. The van der Waals surface area contributed by atoms with Crippen molar-refractivity contribution >= 4 is 16.8 Å². The second kappa shape index (κ2) is 12.8. The summed E-state index contributed by atoms with van der Waals surface area (Å²) in [6, 6.07) is 59.9. The van der Waals surface area contributed by atoms with Crippen molar-refractivity contribution in [2.24, 2.45) is 0 Å². The number of para-hydroxylation sites is 1. The van der Waals surface area contributed by atoms with Crippen LogP contribution in [-0.4, -0.2) is 29.1 Å². The van der Waals surface area contributed by atoms with Gasteiger partial charge in [-0.15, -0.1) is 5.10 Å². The summed E-state index contributed by atoms with van der Waals surface area (Å²) in [6.07, 6.45) is 3.88. The predicted octanol–water partition coefficient (Wildman–Crippen LogP) is 12.1. The Morgan fingerprint density at radius 1 is 0.474 bits per heavy atom. The van der Waals surface area contributed by atoms with Crippen molar-refractivity contribution < 1.29 is 0 Å². The first-order valence-corrected chi connectivity index (χ1v) is 19.3. The lowest BCUT2D eigenvalue weighted by atomic mass is 9.82. The molecule has 6 nitrogen and oxygen atoms in total. The van der Waals surface area contributed by atoms with Crippen molar-refractivity contribution in [2.45, 2.75) is 19.3 Å². The fourth-order valence-electron chi connectivity index (χ4n) is 8.54. The Balaban J connectivity index is 1.05. The van der Waals surface area contributed by atoms with Crippen LogP contribution < -0.4 is 0 Å². The molecule has 0 saturated heterocycles. The summed E-state index contributed by atoms with van der Waals surface area (Å²) in [7, 11) is 0. The van der Waals surface area contributed by atoms with Gasteiger partial charge >= 0.3 is 0 Å². The van der Waals surface area contributed by atoms with E-state index in [1.54, 1.807) is 0 Å². The van der Waals surface area contributed by atoms with Gasteiger partial charge in [-0.25, -0.2) is 19.5 Å². The van der Waals surface area contributed by atoms with Crippen LogP contribution in [0.1, 0.15) is 25.0 Å². The molecule has 0 N–H and O–H groups in total. The van der Waals surface area contributed by atoms with E-state index in [0.717, 1.165) is 72.8 Å². The van der Waals surface area contributed by atoms with E-state index < -0.39 is 0 Å². The second-order valence-corrected chi connectivity index (χ2v) is 15.3. The monoisotopic (exact) mass is 732 g/mol. The number of hydrogen-bond donors (Lipinski definition) is 0. The number of imidazole rings is 1. The second-order valence-electron chi connectivity index (χ2n) is 15.3. The molecule has 4 aromatic heterocycles. The maximum absolute atomic E-state index is 5.05. The van der Waals surface area contributed by atoms with Gasteiger partial charge in [0.05, 0.1) is 0 Å². The van der Waals surface area contributed by atoms with E-state index in [9.17, 15) is 0 Å². The van der Waals surface area contributed by atoms with Crippen LogP contribution in [0.15, 0.2) is 182 Å². The van der Waals surface area contributed by atoms with Gasteiger partial charge in [0.25, 0.3) is 0 Å². The number of rotatable bonds is 6. The van der Waals surface area contributed by atoms with Crippen LogP contribution in [0.5, 0.6) is 0 Å². The number of pyridine rings is 2. The number of aromatic nitrogens is 6. The van der Waals surface area contributed by atoms with Crippen molar-refractivity contribution in [1.29, 1.82) is 0 Å². The van der Waals surface area contributed by atoms with Gasteiger partial charge in [-0.1, -0.05) is 123 Å². The van der Waals surface area contributed by atoms with E-state index >= 15 is 0 Å². The van der Waals surface area contributed by atoms with E-state index in [4.69, 9.17) is 20.1 Å². The van der Waals surface area contributed by atoms with Gasteiger partial charge < -0.3 is 0 Å². The van der Waals surface area contributed by atoms with E-state index in [2.05, 4.69) is 152 Å². The van der Waals surface area contributed by atoms with Crippen molar-refractivity contribution in [2.75, 3.05) is 0 Å². The summed E-state index contributed by atoms with van der Waals surface area (Å²) in [6.45, 7) is 4.65. The molecule has 0 unspecified atom stereocenters. The standard InChI is InChI=1S/C51H36N6/c1-51(2)44-17-10-9-16-42(44)43-31-36(23-25-45(43)51)39-28-38(29-40(30-39)48-54-47-26-24-37(32-56(47)55-48)33-12-5-3-6-13-33)34-19-21-35(22-20-34)49-53-46-18-11-27-52-50(46)57(49)41-14-7-4-8-15-41/h3-32H,1-2H3. The van der Waals surface area contributed by atoms with Crippen LogP contribution in [0.4, 0.5) is 0 Å². The quantitative estimate of drug-likeness (QED) is 0.171. The minimum absolute atomic E-state index is 0.0601. The molecule has 1 aliphatic carbocycles. The molecule has 11 rings (SSSR count). The summed E-state index contributed by atoms with van der Waals surface area (Å²) >= 11 is 0. The zero-order valence-electron chi connectivity index (χ0n) is 31.5. The molecule has 0 amide bonds. The molecule has 57 heavy (non-hydrogen) atoms. The minimum Gasteiger partial charge on any atom is -0.277 e. The highest BCUT2D eigenvalue weighted by Gasteiger charge is 2.35. The van der Waals surface area contributed by atoms with E-state index in [1.807, 2.05) is 53.2 Å². The summed E-state index contributed by atoms with van der Waals surface area (Å²) in [5, 5.41) is 5.05. The molecule has 0 fully saturated rings. The summed E-state index contributed by atoms with van der Waals surface area (Å²) in [5.74, 6) is 1.53. The number of hydrogen-bond acceptors (Lipinski definition) is 4. The molecule has 4 heterocycles. The molecule has 0 radical (unpaired) electrons. The van der Waals surface area contributed by atoms with Crippen LogP contribution in [0.2, 0.25) is 0 Å². The molecule has 10 aromatic rings. The van der Waals surface area contributed by atoms with Crippen molar-refractivity contribution in [3.63, 3.8) is 0 Å². The maximum Gasteiger partial charge on any atom is 0.182 e. The van der Waals surface area contributed by atoms with Crippen LogP contribution in [0, 0.1) is 0 Å². The predicted molar refractivity (Wildman–Crippen MR) is 230 cm³/mol.